The van der Waals surface area contributed by atoms with Gasteiger partial charge in [-0.1, -0.05) is 23.2 Å². The number of rotatable bonds is 4. The zero-order valence-electron chi connectivity index (χ0n) is 12.6. The summed E-state index contributed by atoms with van der Waals surface area (Å²) in [4.78, 5) is 11.9. The smallest absolute Gasteiger partial charge is 0.349 e. The molecule has 2 rings (SSSR count). The molecule has 0 spiro atoms. The van der Waals surface area contributed by atoms with Crippen molar-refractivity contribution in [2.75, 3.05) is 6.61 Å². The minimum atomic E-state index is -0.476. The van der Waals surface area contributed by atoms with Gasteiger partial charge in [0.15, 0.2) is 6.61 Å². The lowest BCUT2D eigenvalue weighted by Crippen LogP contribution is -2.18. The van der Waals surface area contributed by atoms with Crippen LogP contribution in [0.2, 0.25) is 10.0 Å². The third-order valence-corrected chi connectivity index (χ3v) is 3.96. The van der Waals surface area contributed by atoms with Gasteiger partial charge in [-0.15, -0.1) is 0 Å². The lowest BCUT2D eigenvalue weighted by Gasteiger charge is -2.11. The quantitative estimate of drug-likeness (QED) is 0.587. The van der Waals surface area contributed by atoms with Crippen molar-refractivity contribution in [2.24, 2.45) is 0 Å². The molecule has 0 fully saturated rings. The molecule has 0 aliphatic carbocycles. The second-order valence-corrected chi connectivity index (χ2v) is 5.86. The van der Waals surface area contributed by atoms with E-state index in [4.69, 9.17) is 32.7 Å². The number of hydrogen-bond acceptors (Lipinski definition) is 3. The van der Waals surface area contributed by atoms with Crippen molar-refractivity contribution in [1.82, 2.24) is 0 Å². The van der Waals surface area contributed by atoms with Crippen LogP contribution in [0, 0.1) is 20.8 Å². The van der Waals surface area contributed by atoms with E-state index in [2.05, 4.69) is 0 Å². The number of carbonyl (C=O) groups excluding carboxylic acids is 1. The van der Waals surface area contributed by atoms with Gasteiger partial charge < -0.3 is 9.47 Å². The van der Waals surface area contributed by atoms with E-state index in [9.17, 15) is 4.79 Å². The van der Waals surface area contributed by atoms with E-state index >= 15 is 0 Å². The summed E-state index contributed by atoms with van der Waals surface area (Å²) in [6.45, 7) is 5.42. The van der Waals surface area contributed by atoms with Crippen molar-refractivity contribution in [2.45, 2.75) is 20.8 Å². The van der Waals surface area contributed by atoms with Crippen molar-refractivity contribution in [1.29, 1.82) is 0 Å². The largest absolute Gasteiger partial charge is 0.482 e. The zero-order chi connectivity index (χ0) is 16.3. The van der Waals surface area contributed by atoms with Gasteiger partial charge in [-0.3, -0.25) is 0 Å². The SMILES string of the molecule is Cc1cc(Cl)ccc1OC(=O)COc1cc(C)c(Cl)c(C)c1. The molecule has 0 aliphatic heterocycles. The van der Waals surface area contributed by atoms with Crippen LogP contribution < -0.4 is 9.47 Å². The van der Waals surface area contributed by atoms with E-state index in [-0.39, 0.29) is 6.61 Å². The molecular formula is C17H16Cl2O3. The topological polar surface area (TPSA) is 35.5 Å². The zero-order valence-corrected chi connectivity index (χ0v) is 14.1. The Balaban J connectivity index is 1.98. The first kappa shape index (κ1) is 16.7. The van der Waals surface area contributed by atoms with Crippen LogP contribution in [0.25, 0.3) is 0 Å². The monoisotopic (exact) mass is 338 g/mol. The Labute approximate surface area is 139 Å². The molecule has 0 heterocycles. The Hall–Kier alpha value is -1.71. The molecule has 0 radical (unpaired) electrons. The van der Waals surface area contributed by atoms with E-state index in [0.717, 1.165) is 16.7 Å². The molecule has 0 aromatic heterocycles. The molecule has 0 bridgehead atoms. The summed E-state index contributed by atoms with van der Waals surface area (Å²) < 4.78 is 10.7. The van der Waals surface area contributed by atoms with Crippen molar-refractivity contribution >= 4 is 29.2 Å². The third kappa shape index (κ3) is 4.15. The highest BCUT2D eigenvalue weighted by atomic mass is 35.5. The Bertz CT molecular complexity index is 688. The lowest BCUT2D eigenvalue weighted by molar-refractivity contribution is -0.136. The molecule has 0 atom stereocenters. The Morgan fingerprint density at radius 3 is 2.23 bits per heavy atom. The minimum absolute atomic E-state index is 0.178. The summed E-state index contributed by atoms with van der Waals surface area (Å²) >= 11 is 12.0. The molecule has 116 valence electrons. The van der Waals surface area contributed by atoms with Gasteiger partial charge in [0, 0.05) is 10.0 Å². The van der Waals surface area contributed by atoms with Crippen molar-refractivity contribution in [3.8, 4) is 11.5 Å². The van der Waals surface area contributed by atoms with Crippen molar-refractivity contribution < 1.29 is 14.3 Å². The van der Waals surface area contributed by atoms with Gasteiger partial charge in [0.05, 0.1) is 0 Å². The fourth-order valence-electron chi connectivity index (χ4n) is 2.01. The average molecular weight is 339 g/mol. The highest BCUT2D eigenvalue weighted by molar-refractivity contribution is 6.32. The molecule has 0 unspecified atom stereocenters. The molecule has 0 N–H and O–H groups in total. The minimum Gasteiger partial charge on any atom is -0.482 e. The van der Waals surface area contributed by atoms with Crippen LogP contribution in [-0.4, -0.2) is 12.6 Å². The number of carbonyl (C=O) groups is 1. The predicted molar refractivity (Wildman–Crippen MR) is 88.2 cm³/mol. The average Bonchev–Trinajstić information content (AvgIpc) is 2.45. The summed E-state index contributed by atoms with van der Waals surface area (Å²) in [5.74, 6) is 0.585. The first-order valence-electron chi connectivity index (χ1n) is 6.73. The van der Waals surface area contributed by atoms with Crippen LogP contribution in [-0.2, 0) is 4.79 Å². The summed E-state index contributed by atoms with van der Waals surface area (Å²) in [5, 5.41) is 1.30. The third-order valence-electron chi connectivity index (χ3n) is 3.13. The second kappa shape index (κ2) is 7.03. The molecule has 0 amide bonds. The molecule has 0 aliphatic rings. The first-order chi connectivity index (χ1) is 10.4. The number of halogens is 2. The Morgan fingerprint density at radius 2 is 1.64 bits per heavy atom. The number of aryl methyl sites for hydroxylation is 3. The number of esters is 1. The van der Waals surface area contributed by atoms with Gasteiger partial charge in [-0.05, 0) is 67.8 Å². The van der Waals surface area contributed by atoms with E-state index in [1.54, 1.807) is 30.3 Å². The second-order valence-electron chi connectivity index (χ2n) is 5.04. The van der Waals surface area contributed by atoms with E-state index < -0.39 is 5.97 Å². The molecule has 3 nitrogen and oxygen atoms in total. The fourth-order valence-corrected chi connectivity index (χ4v) is 2.35. The maximum Gasteiger partial charge on any atom is 0.349 e. The maximum atomic E-state index is 11.9. The summed E-state index contributed by atoms with van der Waals surface area (Å²) in [5.41, 5.74) is 2.59. The summed E-state index contributed by atoms with van der Waals surface area (Å²) in [7, 11) is 0. The fraction of sp³-hybridized carbons (Fsp3) is 0.235. The first-order valence-corrected chi connectivity index (χ1v) is 7.49. The standard InChI is InChI=1S/C17H16Cl2O3/c1-10-6-13(18)4-5-15(10)22-16(20)9-21-14-7-11(2)17(19)12(3)8-14/h4-8H,9H2,1-3H3. The van der Waals surface area contributed by atoms with Crippen LogP contribution in [0.3, 0.4) is 0 Å². The molecule has 5 heteroatoms. The van der Waals surface area contributed by atoms with Gasteiger partial charge in [-0.2, -0.15) is 0 Å². The predicted octanol–water partition coefficient (Wildman–Crippen LogP) is 4.90. The van der Waals surface area contributed by atoms with Crippen molar-refractivity contribution in [3.63, 3.8) is 0 Å². The summed E-state index contributed by atoms with van der Waals surface area (Å²) in [6, 6.07) is 8.64. The molecule has 0 saturated heterocycles. The highest BCUT2D eigenvalue weighted by Crippen LogP contribution is 2.26. The number of hydrogen-bond donors (Lipinski definition) is 0. The summed E-state index contributed by atoms with van der Waals surface area (Å²) in [6.07, 6.45) is 0. The van der Waals surface area contributed by atoms with Gasteiger partial charge >= 0.3 is 5.97 Å². The Morgan fingerprint density at radius 1 is 1.00 bits per heavy atom. The lowest BCUT2D eigenvalue weighted by atomic mass is 10.1. The van der Waals surface area contributed by atoms with E-state index in [1.807, 2.05) is 20.8 Å². The van der Waals surface area contributed by atoms with E-state index in [1.165, 1.54) is 0 Å². The molecular weight excluding hydrogens is 323 g/mol. The van der Waals surface area contributed by atoms with Crippen molar-refractivity contribution in [3.05, 3.63) is 57.1 Å². The van der Waals surface area contributed by atoms with Crippen LogP contribution >= 0.6 is 23.2 Å². The van der Waals surface area contributed by atoms with Crippen LogP contribution in [0.1, 0.15) is 16.7 Å². The van der Waals surface area contributed by atoms with Crippen LogP contribution in [0.5, 0.6) is 11.5 Å². The van der Waals surface area contributed by atoms with Gasteiger partial charge in [0.1, 0.15) is 11.5 Å². The number of ether oxygens (including phenoxy) is 2. The van der Waals surface area contributed by atoms with Gasteiger partial charge in [-0.25, -0.2) is 4.79 Å². The van der Waals surface area contributed by atoms with Gasteiger partial charge in [0.25, 0.3) is 0 Å². The van der Waals surface area contributed by atoms with E-state index in [0.29, 0.717) is 21.5 Å². The Kier molecular flexibility index (Phi) is 5.33. The number of benzene rings is 2. The van der Waals surface area contributed by atoms with Crippen LogP contribution in [0.4, 0.5) is 0 Å². The molecule has 2 aromatic rings. The molecule has 0 saturated carbocycles. The van der Waals surface area contributed by atoms with Gasteiger partial charge in [0.2, 0.25) is 0 Å². The van der Waals surface area contributed by atoms with Crippen LogP contribution in [0.15, 0.2) is 30.3 Å². The maximum absolute atomic E-state index is 11.9. The molecule has 2 aromatic carbocycles. The normalized spacial score (nSPS) is 10.4. The highest BCUT2D eigenvalue weighted by Gasteiger charge is 2.10. The molecule has 22 heavy (non-hydrogen) atoms.